The summed E-state index contributed by atoms with van der Waals surface area (Å²) >= 11 is 0. The average Bonchev–Trinajstić information content (AvgIpc) is 2.65. The van der Waals surface area contributed by atoms with Crippen molar-refractivity contribution in [2.45, 2.75) is 24.9 Å². The topological polar surface area (TPSA) is 86.7 Å². The van der Waals surface area contributed by atoms with Crippen LogP contribution in [0.5, 0.6) is 0 Å². The van der Waals surface area contributed by atoms with Gasteiger partial charge in [-0.2, -0.15) is 0 Å². The maximum Gasteiger partial charge on any atom is 0.242 e. The Morgan fingerprint density at radius 2 is 1.81 bits per heavy atom. The maximum absolute atomic E-state index is 12.1. The highest BCUT2D eigenvalue weighted by Crippen LogP contribution is 2.14. The van der Waals surface area contributed by atoms with Gasteiger partial charge in [0.05, 0.1) is 23.7 Å². The molecule has 0 amide bonds. The van der Waals surface area contributed by atoms with E-state index in [1.54, 1.807) is 30.5 Å². The Balaban J connectivity index is 0.00000364. The third kappa shape index (κ3) is 7.07. The molecule has 2 rings (SSSR count). The Hall–Kier alpha value is -1.72. The van der Waals surface area contributed by atoms with Crippen molar-refractivity contribution in [1.82, 2.24) is 19.9 Å². The highest BCUT2D eigenvalue weighted by molar-refractivity contribution is 14.0. The van der Waals surface area contributed by atoms with Gasteiger partial charge in [-0.1, -0.05) is 18.2 Å². The fraction of sp³-hybridized carbons (Fsp3) is 0.333. The van der Waals surface area contributed by atoms with Crippen LogP contribution in [0, 0.1) is 0 Å². The SMILES string of the molecule is CCNC(=NCc1ccc(S(=O)(=O)N(C)C)cc1)NCc1ccccn1.I. The van der Waals surface area contributed by atoms with Gasteiger partial charge in [-0.25, -0.2) is 17.7 Å². The van der Waals surface area contributed by atoms with E-state index >= 15 is 0 Å². The van der Waals surface area contributed by atoms with Crippen LogP contribution in [0.15, 0.2) is 58.5 Å². The van der Waals surface area contributed by atoms with Crippen molar-refractivity contribution < 1.29 is 8.42 Å². The number of halogens is 1. The number of aliphatic imine (C=N–C) groups is 1. The largest absolute Gasteiger partial charge is 0.357 e. The second kappa shape index (κ2) is 11.2. The summed E-state index contributed by atoms with van der Waals surface area (Å²) in [5, 5.41) is 6.41. The lowest BCUT2D eigenvalue weighted by molar-refractivity contribution is 0.520. The van der Waals surface area contributed by atoms with Gasteiger partial charge in [0.1, 0.15) is 0 Å². The highest BCUT2D eigenvalue weighted by Gasteiger charge is 2.16. The van der Waals surface area contributed by atoms with Gasteiger partial charge >= 0.3 is 0 Å². The summed E-state index contributed by atoms with van der Waals surface area (Å²) in [4.78, 5) is 9.08. The average molecular weight is 503 g/mol. The van der Waals surface area contributed by atoms with Gasteiger partial charge in [-0.15, -0.1) is 24.0 Å². The lowest BCUT2D eigenvalue weighted by Gasteiger charge is -2.12. The van der Waals surface area contributed by atoms with Gasteiger partial charge in [0, 0.05) is 26.8 Å². The van der Waals surface area contributed by atoms with E-state index in [0.717, 1.165) is 17.8 Å². The van der Waals surface area contributed by atoms with Crippen LogP contribution in [0.4, 0.5) is 0 Å². The molecule has 0 bridgehead atoms. The van der Waals surface area contributed by atoms with Gasteiger partial charge in [0.25, 0.3) is 0 Å². The van der Waals surface area contributed by atoms with Gasteiger partial charge in [-0.05, 0) is 36.8 Å². The van der Waals surface area contributed by atoms with E-state index in [1.165, 1.54) is 18.4 Å². The molecule has 7 nitrogen and oxygen atoms in total. The second-order valence-electron chi connectivity index (χ2n) is 5.80. The van der Waals surface area contributed by atoms with Crippen molar-refractivity contribution in [2.24, 2.45) is 4.99 Å². The van der Waals surface area contributed by atoms with E-state index in [2.05, 4.69) is 20.6 Å². The van der Waals surface area contributed by atoms with Gasteiger partial charge in [0.15, 0.2) is 5.96 Å². The molecule has 9 heteroatoms. The summed E-state index contributed by atoms with van der Waals surface area (Å²) in [5.74, 6) is 0.683. The van der Waals surface area contributed by atoms with E-state index in [-0.39, 0.29) is 28.9 Å². The number of pyridine rings is 1. The van der Waals surface area contributed by atoms with Crippen molar-refractivity contribution in [3.63, 3.8) is 0 Å². The molecule has 0 spiro atoms. The first-order valence-electron chi connectivity index (χ1n) is 8.37. The van der Waals surface area contributed by atoms with Crippen LogP contribution in [-0.2, 0) is 23.1 Å². The van der Waals surface area contributed by atoms with Crippen LogP contribution in [0.1, 0.15) is 18.2 Å². The lowest BCUT2D eigenvalue weighted by atomic mass is 10.2. The molecule has 0 radical (unpaired) electrons. The predicted octanol–water partition coefficient (Wildman–Crippen LogP) is 2.21. The Labute approximate surface area is 178 Å². The smallest absolute Gasteiger partial charge is 0.242 e. The normalized spacial score (nSPS) is 11.8. The van der Waals surface area contributed by atoms with Crippen molar-refractivity contribution in [2.75, 3.05) is 20.6 Å². The molecule has 0 saturated heterocycles. The number of rotatable bonds is 7. The van der Waals surface area contributed by atoms with Crippen LogP contribution >= 0.6 is 24.0 Å². The fourth-order valence-corrected chi connectivity index (χ4v) is 3.07. The molecular formula is C18H26IN5O2S. The van der Waals surface area contributed by atoms with Crippen molar-refractivity contribution in [3.05, 3.63) is 59.9 Å². The summed E-state index contributed by atoms with van der Waals surface area (Å²) in [6.07, 6.45) is 1.75. The molecule has 2 N–H and O–H groups in total. The van der Waals surface area contributed by atoms with Crippen LogP contribution < -0.4 is 10.6 Å². The number of nitrogens with one attached hydrogen (secondary N) is 2. The first kappa shape index (κ1) is 23.3. The molecule has 0 aliphatic rings. The van der Waals surface area contributed by atoms with E-state index in [4.69, 9.17) is 0 Å². The number of hydrogen-bond donors (Lipinski definition) is 2. The third-order valence-corrected chi connectivity index (χ3v) is 5.46. The van der Waals surface area contributed by atoms with Crippen molar-refractivity contribution >= 4 is 40.0 Å². The molecule has 148 valence electrons. The second-order valence-corrected chi connectivity index (χ2v) is 7.95. The number of sulfonamides is 1. The first-order valence-corrected chi connectivity index (χ1v) is 9.81. The molecule has 0 unspecified atom stereocenters. The van der Waals surface area contributed by atoms with Gasteiger partial charge in [-0.3, -0.25) is 4.98 Å². The fourth-order valence-electron chi connectivity index (χ4n) is 2.17. The Morgan fingerprint density at radius 1 is 1.11 bits per heavy atom. The van der Waals surface area contributed by atoms with Crippen molar-refractivity contribution in [1.29, 1.82) is 0 Å². The molecule has 0 atom stereocenters. The molecule has 1 aromatic heterocycles. The number of hydrogen-bond acceptors (Lipinski definition) is 4. The number of aromatic nitrogens is 1. The monoisotopic (exact) mass is 503 g/mol. The number of benzene rings is 1. The lowest BCUT2D eigenvalue weighted by Crippen LogP contribution is -2.37. The molecule has 0 fully saturated rings. The van der Waals surface area contributed by atoms with E-state index < -0.39 is 10.0 Å². The van der Waals surface area contributed by atoms with Crippen LogP contribution in [0.3, 0.4) is 0 Å². The molecule has 2 aromatic rings. The minimum Gasteiger partial charge on any atom is -0.357 e. The minimum atomic E-state index is -3.41. The van der Waals surface area contributed by atoms with E-state index in [9.17, 15) is 8.42 Å². The standard InChI is InChI=1S/C18H25N5O2S.HI/c1-4-19-18(22-14-16-7-5-6-12-20-16)21-13-15-8-10-17(11-9-15)26(24,25)23(2)3;/h5-12H,4,13-14H2,1-3H3,(H2,19,21,22);1H. The Bertz CT molecular complexity index is 825. The quantitative estimate of drug-likeness (QED) is 0.344. The molecule has 0 aliphatic carbocycles. The van der Waals surface area contributed by atoms with Gasteiger partial charge < -0.3 is 10.6 Å². The van der Waals surface area contributed by atoms with E-state index in [1.807, 2.05) is 25.1 Å². The first-order chi connectivity index (χ1) is 12.4. The zero-order valence-electron chi connectivity index (χ0n) is 15.7. The van der Waals surface area contributed by atoms with Gasteiger partial charge in [0.2, 0.25) is 10.0 Å². The van der Waals surface area contributed by atoms with Crippen LogP contribution in [0.2, 0.25) is 0 Å². The summed E-state index contributed by atoms with van der Waals surface area (Å²) in [6.45, 7) is 3.76. The van der Waals surface area contributed by atoms with Crippen molar-refractivity contribution in [3.8, 4) is 0 Å². The predicted molar refractivity (Wildman–Crippen MR) is 119 cm³/mol. The molecular weight excluding hydrogens is 477 g/mol. The molecule has 0 aliphatic heterocycles. The maximum atomic E-state index is 12.1. The summed E-state index contributed by atoms with van der Waals surface area (Å²) in [5.41, 5.74) is 1.86. The summed E-state index contributed by atoms with van der Waals surface area (Å²) < 4.78 is 25.4. The molecule has 0 saturated carbocycles. The molecule has 1 aromatic carbocycles. The third-order valence-electron chi connectivity index (χ3n) is 3.63. The molecule has 27 heavy (non-hydrogen) atoms. The zero-order valence-corrected chi connectivity index (χ0v) is 18.9. The van der Waals surface area contributed by atoms with Crippen LogP contribution in [-0.4, -0.2) is 44.3 Å². The number of guanidine groups is 1. The highest BCUT2D eigenvalue weighted by atomic mass is 127. The van der Waals surface area contributed by atoms with Crippen LogP contribution in [0.25, 0.3) is 0 Å². The zero-order chi connectivity index (χ0) is 19.0. The Morgan fingerprint density at radius 3 is 2.37 bits per heavy atom. The van der Waals surface area contributed by atoms with E-state index in [0.29, 0.717) is 19.0 Å². The summed E-state index contributed by atoms with van der Waals surface area (Å²) in [7, 11) is -0.372. The minimum absolute atomic E-state index is 0. The summed E-state index contributed by atoms with van der Waals surface area (Å²) in [6, 6.07) is 12.5. The Kier molecular flexibility index (Phi) is 9.67. The molecule has 1 heterocycles. The number of nitrogens with zero attached hydrogens (tertiary/aromatic N) is 3.